The molecule has 0 aromatic carbocycles. The summed E-state index contributed by atoms with van der Waals surface area (Å²) < 4.78 is 5.28. The molecule has 0 radical (unpaired) electrons. The molecule has 0 spiro atoms. The number of carboxylic acids is 1. The van der Waals surface area contributed by atoms with Crippen molar-refractivity contribution < 1.29 is 24.2 Å². The number of aliphatic carboxylic acids is 1. The second kappa shape index (κ2) is 5.18. The van der Waals surface area contributed by atoms with E-state index in [1.807, 2.05) is 0 Å². The van der Waals surface area contributed by atoms with Gasteiger partial charge in [0.2, 0.25) is 5.91 Å². The van der Waals surface area contributed by atoms with Crippen LogP contribution in [-0.4, -0.2) is 65.3 Å². The Labute approximate surface area is 121 Å². The number of carboxylic acid groups (broad SMARTS) is 1. The van der Waals surface area contributed by atoms with Crippen molar-refractivity contribution in [2.75, 3.05) is 19.8 Å². The summed E-state index contributed by atoms with van der Waals surface area (Å²) in [4.78, 5) is 37.0. The zero-order valence-corrected chi connectivity index (χ0v) is 11.6. The molecule has 8 nitrogen and oxygen atoms in total. The van der Waals surface area contributed by atoms with Gasteiger partial charge in [0.05, 0.1) is 13.2 Å². The van der Waals surface area contributed by atoms with E-state index in [1.165, 1.54) is 4.90 Å². The number of hydrogen-bond donors (Lipinski definition) is 3. The van der Waals surface area contributed by atoms with Crippen LogP contribution >= 0.6 is 0 Å². The van der Waals surface area contributed by atoms with E-state index in [2.05, 4.69) is 10.6 Å². The minimum atomic E-state index is -1.15. The lowest BCUT2D eigenvalue weighted by atomic mass is 10.2. The Morgan fingerprint density at radius 3 is 2.52 bits per heavy atom. The number of amides is 3. The summed E-state index contributed by atoms with van der Waals surface area (Å²) in [5.74, 6) is -1.25. The van der Waals surface area contributed by atoms with E-state index >= 15 is 0 Å². The highest BCUT2D eigenvalue weighted by molar-refractivity contribution is 5.92. The van der Waals surface area contributed by atoms with Crippen molar-refractivity contribution in [2.45, 2.75) is 43.3 Å². The highest BCUT2D eigenvalue weighted by Crippen LogP contribution is 2.35. The van der Waals surface area contributed by atoms with Gasteiger partial charge in [-0.25, -0.2) is 9.59 Å². The summed E-state index contributed by atoms with van der Waals surface area (Å²) in [6, 6.07) is -0.990. The fourth-order valence-electron chi connectivity index (χ4n) is 2.38. The van der Waals surface area contributed by atoms with Crippen LogP contribution < -0.4 is 10.6 Å². The summed E-state index contributed by atoms with van der Waals surface area (Å²) >= 11 is 0. The molecule has 1 aliphatic heterocycles. The Bertz CT molecular complexity index is 472. The predicted octanol–water partition coefficient (Wildman–Crippen LogP) is -0.707. The number of nitrogens with one attached hydrogen (secondary N) is 2. The third-order valence-electron chi connectivity index (χ3n) is 4.12. The van der Waals surface area contributed by atoms with Crippen LogP contribution in [0.3, 0.4) is 0 Å². The van der Waals surface area contributed by atoms with Gasteiger partial charge in [-0.1, -0.05) is 0 Å². The normalized spacial score (nSPS) is 26.9. The van der Waals surface area contributed by atoms with Gasteiger partial charge in [0.1, 0.15) is 11.6 Å². The molecule has 3 N–H and O–H groups in total. The molecule has 1 heterocycles. The number of hydrogen-bond acceptors (Lipinski definition) is 4. The lowest BCUT2D eigenvalue weighted by molar-refractivity contribution is -0.140. The van der Waals surface area contributed by atoms with Crippen molar-refractivity contribution in [3.05, 3.63) is 0 Å². The first-order chi connectivity index (χ1) is 10.0. The molecule has 0 aromatic heterocycles. The Kier molecular flexibility index (Phi) is 3.48. The van der Waals surface area contributed by atoms with Gasteiger partial charge in [0.15, 0.2) is 0 Å². The van der Waals surface area contributed by atoms with E-state index in [0.717, 1.165) is 12.8 Å². The summed E-state index contributed by atoms with van der Waals surface area (Å²) in [5, 5.41) is 14.5. The molecule has 1 unspecified atom stereocenters. The van der Waals surface area contributed by atoms with E-state index in [4.69, 9.17) is 9.84 Å². The van der Waals surface area contributed by atoms with E-state index in [1.54, 1.807) is 0 Å². The average molecular weight is 297 g/mol. The molecular formula is C13H19N3O5. The average Bonchev–Trinajstić information content (AvgIpc) is 3.35. The minimum absolute atomic E-state index is 0.145. The van der Waals surface area contributed by atoms with E-state index in [-0.39, 0.29) is 25.1 Å². The van der Waals surface area contributed by atoms with Crippen LogP contribution in [0.2, 0.25) is 0 Å². The third-order valence-corrected chi connectivity index (χ3v) is 4.12. The molecule has 2 aliphatic carbocycles. The highest BCUT2D eigenvalue weighted by Gasteiger charge is 2.53. The highest BCUT2D eigenvalue weighted by atomic mass is 16.5. The van der Waals surface area contributed by atoms with Crippen LogP contribution in [0, 0.1) is 0 Å². The summed E-state index contributed by atoms with van der Waals surface area (Å²) in [6.45, 7) is 0.775. The van der Waals surface area contributed by atoms with Gasteiger partial charge in [0, 0.05) is 12.6 Å². The molecule has 8 heteroatoms. The number of rotatable bonds is 4. The van der Waals surface area contributed by atoms with Crippen molar-refractivity contribution in [2.24, 2.45) is 0 Å². The summed E-state index contributed by atoms with van der Waals surface area (Å²) in [6.07, 6.45) is 2.79. The van der Waals surface area contributed by atoms with Crippen molar-refractivity contribution in [1.82, 2.24) is 15.5 Å². The maximum atomic E-state index is 12.3. The van der Waals surface area contributed by atoms with E-state index in [9.17, 15) is 14.4 Å². The summed E-state index contributed by atoms with van der Waals surface area (Å²) in [5.41, 5.74) is -1.15. The molecule has 1 atom stereocenters. The predicted molar refractivity (Wildman–Crippen MR) is 70.6 cm³/mol. The molecule has 2 saturated carbocycles. The first-order valence-corrected chi connectivity index (χ1v) is 7.22. The number of urea groups is 1. The first kappa shape index (κ1) is 14.1. The quantitative estimate of drug-likeness (QED) is 0.635. The van der Waals surface area contributed by atoms with Gasteiger partial charge in [0.25, 0.3) is 0 Å². The van der Waals surface area contributed by atoms with Crippen LogP contribution in [0.4, 0.5) is 4.79 Å². The van der Waals surface area contributed by atoms with Crippen molar-refractivity contribution in [3.63, 3.8) is 0 Å². The summed E-state index contributed by atoms with van der Waals surface area (Å²) in [7, 11) is 0. The maximum absolute atomic E-state index is 12.3. The van der Waals surface area contributed by atoms with Crippen LogP contribution in [0.1, 0.15) is 25.7 Å². The van der Waals surface area contributed by atoms with Crippen LogP contribution in [0.5, 0.6) is 0 Å². The van der Waals surface area contributed by atoms with Gasteiger partial charge in [-0.2, -0.15) is 0 Å². The largest absolute Gasteiger partial charge is 0.480 e. The number of carbonyl (C=O) groups excluding carboxylic acids is 2. The van der Waals surface area contributed by atoms with Crippen molar-refractivity contribution in [1.29, 1.82) is 0 Å². The zero-order valence-electron chi connectivity index (χ0n) is 11.6. The second-order valence-corrected chi connectivity index (χ2v) is 5.88. The fourth-order valence-corrected chi connectivity index (χ4v) is 2.38. The maximum Gasteiger partial charge on any atom is 0.329 e. The smallest absolute Gasteiger partial charge is 0.329 e. The molecule has 0 aromatic rings. The Balaban J connectivity index is 1.64. The molecule has 0 bridgehead atoms. The number of carbonyl (C=O) groups is 3. The first-order valence-electron chi connectivity index (χ1n) is 7.22. The lowest BCUT2D eigenvalue weighted by Crippen LogP contribution is -2.60. The Hall–Kier alpha value is -1.83. The molecular weight excluding hydrogens is 278 g/mol. The van der Waals surface area contributed by atoms with E-state index in [0.29, 0.717) is 19.4 Å². The van der Waals surface area contributed by atoms with Crippen molar-refractivity contribution >= 4 is 17.9 Å². The molecule has 3 amide bonds. The SMILES string of the molecule is O=C(NC1CC1)C1COCCN1C(=O)NC1(C(=O)O)CC1. The van der Waals surface area contributed by atoms with Gasteiger partial charge in [-0.3, -0.25) is 4.79 Å². The van der Waals surface area contributed by atoms with Crippen LogP contribution in [0.25, 0.3) is 0 Å². The third kappa shape index (κ3) is 2.94. The molecule has 3 fully saturated rings. The van der Waals surface area contributed by atoms with Gasteiger partial charge in [-0.15, -0.1) is 0 Å². The molecule has 1 saturated heterocycles. The van der Waals surface area contributed by atoms with E-state index < -0.39 is 23.6 Å². The van der Waals surface area contributed by atoms with Crippen LogP contribution in [-0.2, 0) is 14.3 Å². The standard InChI is InChI=1S/C13H19N3O5/c17-10(14-8-1-2-8)9-7-21-6-5-16(9)12(20)15-13(3-4-13)11(18)19/h8-9H,1-7H2,(H,14,17)(H,15,20)(H,18,19). The number of morpholine rings is 1. The van der Waals surface area contributed by atoms with Crippen LogP contribution in [0.15, 0.2) is 0 Å². The number of nitrogens with zero attached hydrogens (tertiary/aromatic N) is 1. The zero-order chi connectivity index (χ0) is 15.0. The van der Waals surface area contributed by atoms with Crippen molar-refractivity contribution in [3.8, 4) is 0 Å². The molecule has 3 aliphatic rings. The topological polar surface area (TPSA) is 108 Å². The fraction of sp³-hybridized carbons (Fsp3) is 0.769. The minimum Gasteiger partial charge on any atom is -0.480 e. The van der Waals surface area contributed by atoms with Gasteiger partial charge in [-0.05, 0) is 25.7 Å². The lowest BCUT2D eigenvalue weighted by Gasteiger charge is -2.35. The van der Waals surface area contributed by atoms with Gasteiger partial charge < -0.3 is 25.4 Å². The Morgan fingerprint density at radius 2 is 1.95 bits per heavy atom. The van der Waals surface area contributed by atoms with Gasteiger partial charge >= 0.3 is 12.0 Å². The Morgan fingerprint density at radius 1 is 1.24 bits per heavy atom. The molecule has 3 rings (SSSR count). The second-order valence-electron chi connectivity index (χ2n) is 5.88. The molecule has 21 heavy (non-hydrogen) atoms. The monoisotopic (exact) mass is 297 g/mol. The number of ether oxygens (including phenoxy) is 1. The molecule has 116 valence electrons.